The Bertz CT molecular complexity index is 834. The summed E-state index contributed by atoms with van der Waals surface area (Å²) in [6.07, 6.45) is 4.19. The summed E-state index contributed by atoms with van der Waals surface area (Å²) in [6.45, 7) is 1.79. The summed E-state index contributed by atoms with van der Waals surface area (Å²) in [5, 5.41) is 4.83. The van der Waals surface area contributed by atoms with E-state index in [-0.39, 0.29) is 11.7 Å². The highest BCUT2D eigenvalue weighted by Crippen LogP contribution is 2.43. The van der Waals surface area contributed by atoms with Crippen LogP contribution in [0.5, 0.6) is 0 Å². The molecule has 1 saturated carbocycles. The van der Waals surface area contributed by atoms with Gasteiger partial charge in [0.25, 0.3) is 5.91 Å². The maximum absolute atomic E-state index is 13.1. The lowest BCUT2D eigenvalue weighted by molar-refractivity contribution is 0.0938. The maximum atomic E-state index is 13.1. The van der Waals surface area contributed by atoms with E-state index < -0.39 is 0 Å². The van der Waals surface area contributed by atoms with Crippen molar-refractivity contribution < 1.29 is 9.59 Å². The predicted molar refractivity (Wildman–Crippen MR) is 87.4 cm³/mol. The first-order valence-corrected chi connectivity index (χ1v) is 8.40. The molecule has 0 radical (unpaired) electrons. The number of nitrogens with zero attached hydrogens (tertiary/aromatic N) is 2. The van der Waals surface area contributed by atoms with Gasteiger partial charge < -0.3 is 0 Å². The van der Waals surface area contributed by atoms with Gasteiger partial charge in [0.05, 0.1) is 27.5 Å². The van der Waals surface area contributed by atoms with Crippen LogP contribution >= 0.6 is 11.6 Å². The van der Waals surface area contributed by atoms with Crippen LogP contribution in [0.25, 0.3) is 0 Å². The first-order chi connectivity index (χ1) is 11.1. The zero-order valence-corrected chi connectivity index (χ0v) is 13.7. The van der Waals surface area contributed by atoms with Gasteiger partial charge >= 0.3 is 0 Å². The van der Waals surface area contributed by atoms with Crippen LogP contribution in [0.15, 0.2) is 18.2 Å². The van der Waals surface area contributed by atoms with Crippen LogP contribution in [-0.4, -0.2) is 21.5 Å². The third kappa shape index (κ3) is 2.32. The minimum atomic E-state index is -0.212. The summed E-state index contributed by atoms with van der Waals surface area (Å²) in [5.74, 6) is 0.294. The van der Waals surface area contributed by atoms with Gasteiger partial charge in [-0.25, -0.2) is 0 Å². The van der Waals surface area contributed by atoms with E-state index in [0.29, 0.717) is 40.6 Å². The molecule has 1 aromatic carbocycles. The molecule has 5 heteroatoms. The lowest BCUT2D eigenvalue weighted by Crippen LogP contribution is -2.21. The molecule has 118 valence electrons. The SMILES string of the molecule is Cc1nn(C(=O)c2c(Cl)cccc2C2CC2)c2c1C(=O)CCC2. The number of fused-ring (bicyclic) bond motifs is 1. The minimum Gasteiger partial charge on any atom is -0.294 e. The number of benzene rings is 1. The van der Waals surface area contributed by atoms with Crippen molar-refractivity contribution in [3.63, 3.8) is 0 Å². The number of ketones is 1. The molecule has 0 spiro atoms. The largest absolute Gasteiger partial charge is 0.294 e. The fourth-order valence-electron chi connectivity index (χ4n) is 3.48. The summed E-state index contributed by atoms with van der Waals surface area (Å²) in [6, 6.07) is 5.61. The van der Waals surface area contributed by atoms with E-state index in [2.05, 4.69) is 5.10 Å². The number of carbonyl (C=O) groups excluding carboxylic acids is 2. The standard InChI is InChI=1S/C18H17ClN2O2/c1-10-16-14(6-3-7-15(16)22)21(20-10)18(23)17-12(11-8-9-11)4-2-5-13(17)19/h2,4-5,11H,3,6-9H2,1H3. The first kappa shape index (κ1) is 14.6. The lowest BCUT2D eigenvalue weighted by Gasteiger charge is -2.14. The number of hydrogen-bond donors (Lipinski definition) is 0. The van der Waals surface area contributed by atoms with Crippen molar-refractivity contribution >= 4 is 23.3 Å². The van der Waals surface area contributed by atoms with Crippen LogP contribution < -0.4 is 0 Å². The molecule has 1 heterocycles. The Morgan fingerprint density at radius 3 is 2.83 bits per heavy atom. The maximum Gasteiger partial charge on any atom is 0.280 e. The van der Waals surface area contributed by atoms with Gasteiger partial charge in [0.1, 0.15) is 0 Å². The Morgan fingerprint density at radius 1 is 1.30 bits per heavy atom. The van der Waals surface area contributed by atoms with E-state index in [0.717, 1.165) is 30.5 Å². The highest BCUT2D eigenvalue weighted by atomic mass is 35.5. The molecule has 0 bridgehead atoms. The molecule has 2 aromatic rings. The molecular formula is C18H17ClN2O2. The Hall–Kier alpha value is -1.94. The second-order valence-electron chi connectivity index (χ2n) is 6.38. The molecule has 0 atom stereocenters. The number of aromatic nitrogens is 2. The summed E-state index contributed by atoms with van der Waals surface area (Å²) in [4.78, 5) is 25.3. The van der Waals surface area contributed by atoms with Gasteiger partial charge in [-0.15, -0.1) is 0 Å². The normalized spacial score (nSPS) is 17.2. The molecule has 1 aromatic heterocycles. The van der Waals surface area contributed by atoms with Crippen LogP contribution in [0.3, 0.4) is 0 Å². The Kier molecular flexibility index (Phi) is 3.38. The average molecular weight is 329 g/mol. The van der Waals surface area contributed by atoms with E-state index in [1.165, 1.54) is 4.68 Å². The van der Waals surface area contributed by atoms with Crippen molar-refractivity contribution in [2.45, 2.75) is 44.9 Å². The zero-order valence-electron chi connectivity index (χ0n) is 12.9. The van der Waals surface area contributed by atoms with Gasteiger partial charge in [0.15, 0.2) is 5.78 Å². The molecule has 0 N–H and O–H groups in total. The zero-order chi connectivity index (χ0) is 16.1. The number of Topliss-reactive ketones (excluding diaryl/α,β-unsaturated/α-hetero) is 1. The molecule has 2 aliphatic rings. The first-order valence-electron chi connectivity index (χ1n) is 8.02. The number of rotatable bonds is 2. The van der Waals surface area contributed by atoms with Crippen molar-refractivity contribution in [2.75, 3.05) is 0 Å². The molecule has 4 rings (SSSR count). The van der Waals surface area contributed by atoms with Crippen molar-refractivity contribution in [1.82, 2.24) is 9.78 Å². The molecule has 2 aliphatic carbocycles. The van der Waals surface area contributed by atoms with Crippen molar-refractivity contribution in [3.05, 3.63) is 51.3 Å². The molecule has 0 amide bonds. The number of halogens is 1. The lowest BCUT2D eigenvalue weighted by atomic mass is 9.94. The van der Waals surface area contributed by atoms with Crippen LogP contribution in [-0.2, 0) is 6.42 Å². The molecular weight excluding hydrogens is 312 g/mol. The Labute approximate surface area is 139 Å². The van der Waals surface area contributed by atoms with Gasteiger partial charge in [-0.05, 0) is 50.2 Å². The molecule has 0 aliphatic heterocycles. The third-order valence-electron chi connectivity index (χ3n) is 4.72. The van der Waals surface area contributed by atoms with E-state index in [1.54, 1.807) is 13.0 Å². The van der Waals surface area contributed by atoms with Crippen molar-refractivity contribution in [2.24, 2.45) is 0 Å². The van der Waals surface area contributed by atoms with Gasteiger partial charge in [0, 0.05) is 6.42 Å². The third-order valence-corrected chi connectivity index (χ3v) is 5.04. The Morgan fingerprint density at radius 2 is 2.09 bits per heavy atom. The highest BCUT2D eigenvalue weighted by molar-refractivity contribution is 6.34. The van der Waals surface area contributed by atoms with Gasteiger partial charge in [-0.2, -0.15) is 9.78 Å². The van der Waals surface area contributed by atoms with E-state index >= 15 is 0 Å². The monoisotopic (exact) mass is 328 g/mol. The van der Waals surface area contributed by atoms with Gasteiger partial charge in [0.2, 0.25) is 0 Å². The van der Waals surface area contributed by atoms with E-state index in [9.17, 15) is 9.59 Å². The summed E-state index contributed by atoms with van der Waals surface area (Å²) < 4.78 is 1.41. The van der Waals surface area contributed by atoms with E-state index in [4.69, 9.17) is 11.6 Å². The van der Waals surface area contributed by atoms with Crippen molar-refractivity contribution in [3.8, 4) is 0 Å². The summed E-state index contributed by atoms with van der Waals surface area (Å²) in [7, 11) is 0. The minimum absolute atomic E-state index is 0.0874. The number of carbonyl (C=O) groups is 2. The number of hydrogen-bond acceptors (Lipinski definition) is 3. The van der Waals surface area contributed by atoms with Crippen molar-refractivity contribution in [1.29, 1.82) is 0 Å². The molecule has 0 saturated heterocycles. The van der Waals surface area contributed by atoms with Crippen LogP contribution in [0, 0.1) is 6.92 Å². The molecule has 1 fully saturated rings. The van der Waals surface area contributed by atoms with Crippen LogP contribution in [0.4, 0.5) is 0 Å². The topological polar surface area (TPSA) is 52.0 Å². The quantitative estimate of drug-likeness (QED) is 0.839. The van der Waals surface area contributed by atoms with Gasteiger partial charge in [-0.1, -0.05) is 23.7 Å². The smallest absolute Gasteiger partial charge is 0.280 e. The number of aryl methyl sites for hydroxylation is 1. The van der Waals surface area contributed by atoms with Crippen LogP contribution in [0.1, 0.15) is 69.3 Å². The second kappa shape index (κ2) is 5.31. The van der Waals surface area contributed by atoms with E-state index in [1.807, 2.05) is 12.1 Å². The molecule has 0 unspecified atom stereocenters. The van der Waals surface area contributed by atoms with Crippen LogP contribution in [0.2, 0.25) is 5.02 Å². The average Bonchev–Trinajstić information content (AvgIpc) is 3.31. The summed E-state index contributed by atoms with van der Waals surface area (Å²) >= 11 is 6.34. The van der Waals surface area contributed by atoms with Gasteiger partial charge in [-0.3, -0.25) is 9.59 Å². The molecule has 23 heavy (non-hydrogen) atoms. The highest BCUT2D eigenvalue weighted by Gasteiger charge is 2.33. The fourth-order valence-corrected chi connectivity index (χ4v) is 3.75. The fraction of sp³-hybridized carbons (Fsp3) is 0.389. The predicted octanol–water partition coefficient (Wildman–Crippen LogP) is 3.93. The Balaban J connectivity index is 1.85. The second-order valence-corrected chi connectivity index (χ2v) is 6.79. The molecule has 4 nitrogen and oxygen atoms in total. The summed E-state index contributed by atoms with van der Waals surface area (Å²) in [5.41, 5.74) is 3.56.